The van der Waals surface area contributed by atoms with Crippen LogP contribution in [0.5, 0.6) is 5.75 Å². The summed E-state index contributed by atoms with van der Waals surface area (Å²) in [6, 6.07) is 13.4. The van der Waals surface area contributed by atoms with Gasteiger partial charge in [-0.3, -0.25) is 4.79 Å². The van der Waals surface area contributed by atoms with Crippen molar-refractivity contribution in [3.63, 3.8) is 0 Å². The van der Waals surface area contributed by atoms with Gasteiger partial charge in [0.1, 0.15) is 11.4 Å². The summed E-state index contributed by atoms with van der Waals surface area (Å²) in [5.74, 6) is 0.837. The molecule has 0 saturated heterocycles. The molecule has 2 aromatic heterocycles. The van der Waals surface area contributed by atoms with Gasteiger partial charge in [-0.2, -0.15) is 11.3 Å². The minimum absolute atomic E-state index is 0.0921. The summed E-state index contributed by atoms with van der Waals surface area (Å²) in [5.41, 5.74) is 0.770. The Kier molecular flexibility index (Phi) is 6.31. The quantitative estimate of drug-likeness (QED) is 0.589. The molecule has 0 fully saturated rings. The average molecular weight is 402 g/mol. The number of benzene rings is 1. The van der Waals surface area contributed by atoms with Crippen LogP contribution in [0.4, 0.5) is 0 Å². The van der Waals surface area contributed by atoms with E-state index in [0.717, 1.165) is 10.4 Å². The molecule has 0 aliphatic carbocycles. The van der Waals surface area contributed by atoms with Gasteiger partial charge in [-0.05, 0) is 51.9 Å². The van der Waals surface area contributed by atoms with Crippen molar-refractivity contribution in [2.75, 3.05) is 13.2 Å². The lowest BCUT2D eigenvalue weighted by Crippen LogP contribution is -2.42. The van der Waals surface area contributed by atoms with Crippen LogP contribution < -0.4 is 10.1 Å². The van der Waals surface area contributed by atoms with Crippen LogP contribution in [0.1, 0.15) is 35.8 Å². The zero-order chi connectivity index (χ0) is 19.3. The molecule has 6 heteroatoms. The van der Waals surface area contributed by atoms with Crippen LogP contribution in [-0.2, 0) is 10.4 Å². The lowest BCUT2D eigenvalue weighted by molar-refractivity contribution is -0.124. The fourth-order valence-corrected chi connectivity index (χ4v) is 4.29. The Morgan fingerprint density at radius 1 is 1.19 bits per heavy atom. The fourth-order valence-electron chi connectivity index (χ4n) is 2.72. The highest BCUT2D eigenvalue weighted by Crippen LogP contribution is 2.33. The zero-order valence-corrected chi connectivity index (χ0v) is 17.0. The second-order valence-electron chi connectivity index (χ2n) is 6.64. The number of nitrogens with one attached hydrogen (secondary N) is 1. The third-order valence-electron chi connectivity index (χ3n) is 4.39. The van der Waals surface area contributed by atoms with Crippen LogP contribution in [0, 0.1) is 0 Å². The van der Waals surface area contributed by atoms with Gasteiger partial charge in [0.2, 0.25) is 0 Å². The van der Waals surface area contributed by atoms with E-state index in [1.165, 1.54) is 28.2 Å². The predicted octanol–water partition coefficient (Wildman–Crippen LogP) is 4.36. The molecule has 0 aliphatic rings. The third kappa shape index (κ3) is 4.77. The highest BCUT2D eigenvalue weighted by molar-refractivity contribution is 7.10. The second-order valence-corrected chi connectivity index (χ2v) is 8.37. The molecular weight excluding hydrogens is 378 g/mol. The van der Waals surface area contributed by atoms with Crippen molar-refractivity contribution in [1.82, 2.24) is 5.32 Å². The van der Waals surface area contributed by atoms with Crippen LogP contribution in [-0.4, -0.2) is 24.2 Å². The van der Waals surface area contributed by atoms with Crippen LogP contribution in [0.3, 0.4) is 0 Å². The van der Waals surface area contributed by atoms with Crippen molar-refractivity contribution in [2.24, 2.45) is 0 Å². The first-order chi connectivity index (χ1) is 13.0. The molecule has 2 heterocycles. The minimum atomic E-state index is -1.23. The van der Waals surface area contributed by atoms with Gasteiger partial charge in [-0.15, -0.1) is 11.3 Å². The smallest absolute Gasteiger partial charge is 0.258 e. The van der Waals surface area contributed by atoms with E-state index in [9.17, 15) is 9.90 Å². The van der Waals surface area contributed by atoms with Crippen molar-refractivity contribution in [1.29, 1.82) is 0 Å². The van der Waals surface area contributed by atoms with Gasteiger partial charge < -0.3 is 15.2 Å². The number of carbonyl (C=O) groups is 1. The van der Waals surface area contributed by atoms with Gasteiger partial charge in [0.25, 0.3) is 5.91 Å². The normalized spacial score (nSPS) is 13.3. The molecule has 0 bridgehead atoms. The molecule has 1 unspecified atom stereocenters. The van der Waals surface area contributed by atoms with Crippen LogP contribution >= 0.6 is 22.7 Å². The summed E-state index contributed by atoms with van der Waals surface area (Å²) in [6.45, 7) is 4.26. The first kappa shape index (κ1) is 19.6. The number of carbonyl (C=O) groups excluding carboxylic acids is 1. The highest BCUT2D eigenvalue weighted by Gasteiger charge is 2.33. The fraction of sp³-hybridized carbons (Fsp3) is 0.286. The average Bonchev–Trinajstić information content (AvgIpc) is 3.39. The largest absolute Gasteiger partial charge is 0.484 e. The minimum Gasteiger partial charge on any atom is -0.484 e. The first-order valence-electron chi connectivity index (χ1n) is 8.77. The van der Waals surface area contributed by atoms with E-state index in [0.29, 0.717) is 11.7 Å². The molecule has 1 amide bonds. The Hall–Kier alpha value is -2.15. The topological polar surface area (TPSA) is 58.6 Å². The lowest BCUT2D eigenvalue weighted by atomic mass is 9.94. The van der Waals surface area contributed by atoms with Gasteiger partial charge in [-0.1, -0.05) is 32.0 Å². The molecular formula is C21H23NO3S2. The van der Waals surface area contributed by atoms with Crippen LogP contribution in [0.2, 0.25) is 0 Å². The molecule has 0 radical (unpaired) electrons. The molecule has 0 spiro atoms. The van der Waals surface area contributed by atoms with Gasteiger partial charge in [-0.25, -0.2) is 0 Å². The van der Waals surface area contributed by atoms with Gasteiger partial charge in [0.05, 0.1) is 6.54 Å². The number of amides is 1. The van der Waals surface area contributed by atoms with E-state index in [1.807, 2.05) is 58.6 Å². The molecule has 1 atom stereocenters. The summed E-state index contributed by atoms with van der Waals surface area (Å²) in [6.07, 6.45) is 0. The van der Waals surface area contributed by atoms with Gasteiger partial charge >= 0.3 is 0 Å². The summed E-state index contributed by atoms with van der Waals surface area (Å²) in [5, 5.41) is 19.7. The molecule has 0 saturated carbocycles. The molecule has 27 heavy (non-hydrogen) atoms. The number of aliphatic hydroxyl groups is 1. The maximum absolute atomic E-state index is 12.2. The SMILES string of the molecule is CC(C)c1ccc(OCC(=O)NCC(O)(c2ccsc2)c2cccs2)cc1. The van der Waals surface area contributed by atoms with E-state index in [1.54, 1.807) is 0 Å². The highest BCUT2D eigenvalue weighted by atomic mass is 32.1. The van der Waals surface area contributed by atoms with Crippen LogP contribution in [0.15, 0.2) is 58.6 Å². The van der Waals surface area contributed by atoms with E-state index in [-0.39, 0.29) is 19.1 Å². The molecule has 1 aromatic carbocycles. The first-order valence-corrected chi connectivity index (χ1v) is 10.6. The molecule has 3 aromatic rings. The van der Waals surface area contributed by atoms with Crippen LogP contribution in [0.25, 0.3) is 0 Å². The molecule has 142 valence electrons. The number of hydrogen-bond acceptors (Lipinski definition) is 5. The standard InChI is InChI=1S/C21H23NO3S2/c1-15(2)16-5-7-18(8-6-16)25-12-20(23)22-14-21(24,17-9-11-26-13-17)19-4-3-10-27-19/h3-11,13,15,24H,12,14H2,1-2H3,(H,22,23). The second kappa shape index (κ2) is 8.69. The third-order valence-corrected chi connectivity index (χ3v) is 6.09. The van der Waals surface area contributed by atoms with E-state index in [4.69, 9.17) is 4.74 Å². The van der Waals surface area contributed by atoms with E-state index < -0.39 is 5.60 Å². The Morgan fingerprint density at radius 2 is 1.96 bits per heavy atom. The number of hydrogen-bond donors (Lipinski definition) is 2. The van der Waals surface area contributed by atoms with Crippen molar-refractivity contribution in [3.05, 3.63) is 74.6 Å². The van der Waals surface area contributed by atoms with Crippen molar-refractivity contribution in [2.45, 2.75) is 25.4 Å². The monoisotopic (exact) mass is 401 g/mol. The number of ether oxygens (including phenoxy) is 1. The predicted molar refractivity (Wildman–Crippen MR) is 111 cm³/mol. The van der Waals surface area contributed by atoms with E-state index in [2.05, 4.69) is 19.2 Å². The Labute approximate surface area is 167 Å². The number of thiophene rings is 2. The van der Waals surface area contributed by atoms with Crippen molar-refractivity contribution in [3.8, 4) is 5.75 Å². The zero-order valence-electron chi connectivity index (χ0n) is 15.3. The van der Waals surface area contributed by atoms with Crippen molar-refractivity contribution >= 4 is 28.6 Å². The maximum Gasteiger partial charge on any atom is 0.258 e. The molecule has 4 nitrogen and oxygen atoms in total. The molecule has 0 aliphatic heterocycles. The summed E-state index contributed by atoms with van der Waals surface area (Å²) in [4.78, 5) is 13.0. The summed E-state index contributed by atoms with van der Waals surface area (Å²) in [7, 11) is 0. The Morgan fingerprint density at radius 3 is 2.56 bits per heavy atom. The number of rotatable bonds is 8. The Bertz CT molecular complexity index is 806. The summed E-state index contributed by atoms with van der Waals surface area (Å²) < 4.78 is 5.56. The maximum atomic E-state index is 12.2. The van der Waals surface area contributed by atoms with Crippen molar-refractivity contribution < 1.29 is 14.6 Å². The van der Waals surface area contributed by atoms with Gasteiger partial charge in [0.15, 0.2) is 6.61 Å². The molecule has 2 N–H and O–H groups in total. The van der Waals surface area contributed by atoms with E-state index >= 15 is 0 Å². The van der Waals surface area contributed by atoms with Gasteiger partial charge in [0, 0.05) is 10.4 Å². The molecule has 3 rings (SSSR count). The lowest BCUT2D eigenvalue weighted by Gasteiger charge is -2.27. The Balaban J connectivity index is 1.58. The summed E-state index contributed by atoms with van der Waals surface area (Å²) >= 11 is 2.98.